The minimum absolute atomic E-state index is 0.0588. The highest BCUT2D eigenvalue weighted by atomic mass is 19.1. The van der Waals surface area contributed by atoms with Crippen molar-refractivity contribution in [1.29, 1.82) is 0 Å². The molecule has 0 aliphatic carbocycles. The van der Waals surface area contributed by atoms with Gasteiger partial charge in [-0.15, -0.1) is 0 Å². The molecule has 2 atom stereocenters. The zero-order valence-corrected chi connectivity index (χ0v) is 14.5. The third-order valence-electron chi connectivity index (χ3n) is 5.05. The number of nitrogens with one attached hydrogen (secondary N) is 1. The second-order valence-electron chi connectivity index (χ2n) is 6.94. The van der Waals surface area contributed by atoms with Gasteiger partial charge in [-0.25, -0.2) is 9.18 Å². The summed E-state index contributed by atoms with van der Waals surface area (Å²) in [7, 11) is 0. The number of urea groups is 1. The lowest BCUT2D eigenvalue weighted by Gasteiger charge is -2.36. The van der Waals surface area contributed by atoms with Crippen molar-refractivity contribution < 1.29 is 14.0 Å². The van der Waals surface area contributed by atoms with E-state index in [1.54, 1.807) is 6.07 Å². The molecule has 1 aromatic carbocycles. The van der Waals surface area contributed by atoms with Crippen LogP contribution in [-0.4, -0.2) is 48.6 Å². The van der Waals surface area contributed by atoms with Gasteiger partial charge in [-0.3, -0.25) is 4.79 Å². The number of halogens is 1. The Balaban J connectivity index is 1.64. The van der Waals surface area contributed by atoms with Crippen molar-refractivity contribution in [2.75, 3.05) is 24.5 Å². The van der Waals surface area contributed by atoms with E-state index in [1.165, 1.54) is 11.0 Å². The molecule has 0 saturated carbocycles. The lowest BCUT2D eigenvalue weighted by Crippen LogP contribution is -2.54. The van der Waals surface area contributed by atoms with Crippen molar-refractivity contribution in [3.8, 4) is 0 Å². The number of anilines is 1. The highest BCUT2D eigenvalue weighted by molar-refractivity contribution is 5.87. The van der Waals surface area contributed by atoms with Crippen LogP contribution in [0, 0.1) is 12.7 Å². The molecule has 2 aliphatic rings. The average Bonchev–Trinajstić information content (AvgIpc) is 3.07. The summed E-state index contributed by atoms with van der Waals surface area (Å²) < 4.78 is 14.1. The predicted molar refractivity (Wildman–Crippen MR) is 93.8 cm³/mol. The topological polar surface area (TPSA) is 78.7 Å². The van der Waals surface area contributed by atoms with Crippen molar-refractivity contribution in [2.45, 2.75) is 44.7 Å². The van der Waals surface area contributed by atoms with E-state index in [2.05, 4.69) is 5.32 Å². The molecule has 1 aromatic rings. The zero-order valence-electron chi connectivity index (χ0n) is 14.5. The molecule has 2 fully saturated rings. The number of amides is 3. The predicted octanol–water partition coefficient (Wildman–Crippen LogP) is 1.76. The average molecular weight is 348 g/mol. The summed E-state index contributed by atoms with van der Waals surface area (Å²) in [5.41, 5.74) is 6.93. The van der Waals surface area contributed by atoms with E-state index in [1.807, 2.05) is 17.9 Å². The van der Waals surface area contributed by atoms with Crippen LogP contribution >= 0.6 is 0 Å². The number of hydrogen-bond acceptors (Lipinski definition) is 3. The van der Waals surface area contributed by atoms with E-state index in [0.717, 1.165) is 31.4 Å². The summed E-state index contributed by atoms with van der Waals surface area (Å²) in [5.74, 6) is -0.402. The van der Waals surface area contributed by atoms with Crippen LogP contribution in [0.3, 0.4) is 0 Å². The van der Waals surface area contributed by atoms with Gasteiger partial charge < -0.3 is 20.9 Å². The molecule has 0 bridgehead atoms. The van der Waals surface area contributed by atoms with Crippen molar-refractivity contribution in [1.82, 2.24) is 10.2 Å². The Kier molecular flexibility index (Phi) is 5.11. The van der Waals surface area contributed by atoms with Crippen LogP contribution in [0.15, 0.2) is 18.2 Å². The Bertz CT molecular complexity index is 666. The molecule has 136 valence electrons. The van der Waals surface area contributed by atoms with Gasteiger partial charge in [0.05, 0.1) is 5.69 Å². The number of likely N-dealkylation sites (tertiary alicyclic amines) is 1. The highest BCUT2D eigenvalue weighted by Crippen LogP contribution is 2.25. The number of carbonyl (C=O) groups excluding carboxylic acids is 2. The Labute approximate surface area is 147 Å². The SMILES string of the molecule is Cc1ccc(F)c(N2CCC[C@H](NC(=O)[C@@H]3CCCN3C(N)=O)C2)c1. The number of nitrogens with two attached hydrogens (primary N) is 1. The minimum Gasteiger partial charge on any atom is -0.367 e. The first kappa shape index (κ1) is 17.5. The van der Waals surface area contributed by atoms with Gasteiger partial charge in [-0.2, -0.15) is 0 Å². The largest absolute Gasteiger partial charge is 0.367 e. The van der Waals surface area contributed by atoms with Gasteiger partial charge in [0.25, 0.3) is 0 Å². The van der Waals surface area contributed by atoms with E-state index >= 15 is 0 Å². The fourth-order valence-electron chi connectivity index (χ4n) is 3.78. The molecule has 0 unspecified atom stereocenters. The van der Waals surface area contributed by atoms with Gasteiger partial charge in [-0.05, 0) is 50.3 Å². The number of primary amides is 1. The monoisotopic (exact) mass is 348 g/mol. The summed E-state index contributed by atoms with van der Waals surface area (Å²) in [4.78, 5) is 27.4. The van der Waals surface area contributed by atoms with E-state index in [-0.39, 0.29) is 17.8 Å². The fourth-order valence-corrected chi connectivity index (χ4v) is 3.78. The Morgan fingerprint density at radius 1 is 1.24 bits per heavy atom. The van der Waals surface area contributed by atoms with Gasteiger partial charge in [0.15, 0.2) is 0 Å². The number of nitrogens with zero attached hydrogens (tertiary/aromatic N) is 2. The third kappa shape index (κ3) is 3.86. The van der Waals surface area contributed by atoms with E-state index < -0.39 is 12.1 Å². The second-order valence-corrected chi connectivity index (χ2v) is 6.94. The normalized spacial score (nSPS) is 23.6. The van der Waals surface area contributed by atoms with Crippen LogP contribution < -0.4 is 16.0 Å². The van der Waals surface area contributed by atoms with Crippen LogP contribution in [0.2, 0.25) is 0 Å². The van der Waals surface area contributed by atoms with Crippen LogP contribution in [0.25, 0.3) is 0 Å². The van der Waals surface area contributed by atoms with Crippen molar-refractivity contribution in [3.05, 3.63) is 29.6 Å². The van der Waals surface area contributed by atoms with E-state index in [0.29, 0.717) is 25.2 Å². The molecule has 0 aromatic heterocycles. The molecule has 6 nitrogen and oxygen atoms in total. The molecule has 7 heteroatoms. The first-order valence-electron chi connectivity index (χ1n) is 8.83. The van der Waals surface area contributed by atoms with Crippen LogP contribution in [-0.2, 0) is 4.79 Å². The van der Waals surface area contributed by atoms with Gasteiger partial charge in [-0.1, -0.05) is 6.07 Å². The molecule has 3 rings (SSSR count). The first-order valence-corrected chi connectivity index (χ1v) is 8.83. The molecular formula is C18H25FN4O2. The maximum atomic E-state index is 14.1. The third-order valence-corrected chi connectivity index (χ3v) is 5.05. The van der Waals surface area contributed by atoms with Crippen molar-refractivity contribution >= 4 is 17.6 Å². The maximum absolute atomic E-state index is 14.1. The maximum Gasteiger partial charge on any atom is 0.315 e. The van der Waals surface area contributed by atoms with Crippen LogP contribution in [0.1, 0.15) is 31.2 Å². The standard InChI is InChI=1S/C18H25FN4O2/c1-12-6-7-14(19)16(10-12)22-8-2-4-13(11-22)21-17(24)15-5-3-9-23(15)18(20)25/h6-7,10,13,15H,2-5,8-9,11H2,1H3,(H2,20,25)(H,21,24)/t13-,15-/m0/s1. The molecule has 2 aliphatic heterocycles. The quantitative estimate of drug-likeness (QED) is 0.874. The molecule has 2 heterocycles. The van der Waals surface area contributed by atoms with Gasteiger partial charge in [0.1, 0.15) is 11.9 Å². The second kappa shape index (κ2) is 7.29. The summed E-state index contributed by atoms with van der Waals surface area (Å²) in [5, 5.41) is 3.03. The van der Waals surface area contributed by atoms with Crippen LogP contribution in [0.4, 0.5) is 14.9 Å². The first-order chi connectivity index (χ1) is 12.0. The number of benzene rings is 1. The summed E-state index contributed by atoms with van der Waals surface area (Å²) in [6.45, 7) is 3.79. The molecule has 3 N–H and O–H groups in total. The smallest absolute Gasteiger partial charge is 0.315 e. The lowest BCUT2D eigenvalue weighted by atomic mass is 10.0. The van der Waals surface area contributed by atoms with Gasteiger partial charge in [0.2, 0.25) is 5.91 Å². The molecule has 2 saturated heterocycles. The number of hydrogen-bond donors (Lipinski definition) is 2. The van der Waals surface area contributed by atoms with Gasteiger partial charge >= 0.3 is 6.03 Å². The molecule has 3 amide bonds. The Hall–Kier alpha value is -2.31. The molecule has 0 radical (unpaired) electrons. The Morgan fingerprint density at radius 3 is 2.76 bits per heavy atom. The number of carbonyl (C=O) groups is 2. The fraction of sp³-hybridized carbons (Fsp3) is 0.556. The van der Waals surface area contributed by atoms with E-state index in [4.69, 9.17) is 5.73 Å². The lowest BCUT2D eigenvalue weighted by molar-refractivity contribution is -0.125. The van der Waals surface area contributed by atoms with Crippen LogP contribution in [0.5, 0.6) is 0 Å². The molecular weight excluding hydrogens is 323 g/mol. The highest BCUT2D eigenvalue weighted by Gasteiger charge is 2.34. The van der Waals surface area contributed by atoms with Crippen molar-refractivity contribution in [3.63, 3.8) is 0 Å². The summed E-state index contributed by atoms with van der Waals surface area (Å²) in [6, 6.07) is 3.98. The molecule has 0 spiro atoms. The number of aryl methyl sites for hydroxylation is 1. The summed E-state index contributed by atoms with van der Waals surface area (Å²) in [6.07, 6.45) is 3.14. The summed E-state index contributed by atoms with van der Waals surface area (Å²) >= 11 is 0. The number of piperidine rings is 1. The Morgan fingerprint density at radius 2 is 2.00 bits per heavy atom. The minimum atomic E-state index is -0.551. The van der Waals surface area contributed by atoms with E-state index in [9.17, 15) is 14.0 Å². The number of rotatable bonds is 3. The van der Waals surface area contributed by atoms with Crippen molar-refractivity contribution in [2.24, 2.45) is 5.73 Å². The molecule has 25 heavy (non-hydrogen) atoms. The van der Waals surface area contributed by atoms with Gasteiger partial charge in [0, 0.05) is 25.7 Å². The zero-order chi connectivity index (χ0) is 18.0.